The van der Waals surface area contributed by atoms with Crippen molar-refractivity contribution in [2.75, 3.05) is 7.11 Å². The van der Waals surface area contributed by atoms with Crippen LogP contribution in [0.2, 0.25) is 19.6 Å². The minimum atomic E-state index is -1.52. The van der Waals surface area contributed by atoms with E-state index in [9.17, 15) is 4.79 Å². The molecule has 19 heavy (non-hydrogen) atoms. The van der Waals surface area contributed by atoms with Crippen LogP contribution in [0.25, 0.3) is 0 Å². The molecule has 0 spiro atoms. The molecule has 0 aromatic carbocycles. The van der Waals surface area contributed by atoms with Crippen molar-refractivity contribution in [2.24, 2.45) is 5.92 Å². The van der Waals surface area contributed by atoms with Crippen molar-refractivity contribution in [3.8, 4) is 0 Å². The largest absolute Gasteiger partial charge is 0.453 e. The number of fused-ring (bicyclic) bond motifs is 4. The molecule has 3 rings (SSSR count). The first-order chi connectivity index (χ1) is 8.86. The number of hydrogen-bond acceptors (Lipinski definition) is 3. The van der Waals surface area contributed by atoms with Crippen LogP contribution in [0, 0.1) is 5.92 Å². The SMILES string of the molecule is COC(=O)N1[C@H]2CCC[C@@H]1C1C[C@@]1(O[Si](C)(C)C)C2. The van der Waals surface area contributed by atoms with Gasteiger partial charge in [-0.2, -0.15) is 0 Å². The van der Waals surface area contributed by atoms with Gasteiger partial charge < -0.3 is 14.1 Å². The van der Waals surface area contributed by atoms with Gasteiger partial charge in [-0.1, -0.05) is 0 Å². The van der Waals surface area contributed by atoms with Gasteiger partial charge in [0.15, 0.2) is 8.32 Å². The standard InChI is InChI=1S/C14H25NO3Si/c1-17-13(16)15-10-6-5-7-12(15)11-9-14(11,8-10)18-19(2,3)4/h10-12H,5-9H2,1-4H3/t10-,11?,12+,14-/m0/s1. The van der Waals surface area contributed by atoms with Crippen molar-refractivity contribution < 1.29 is 14.0 Å². The summed E-state index contributed by atoms with van der Waals surface area (Å²) >= 11 is 0. The van der Waals surface area contributed by atoms with E-state index >= 15 is 0 Å². The lowest BCUT2D eigenvalue weighted by molar-refractivity contribution is -0.0193. The Morgan fingerprint density at radius 3 is 2.63 bits per heavy atom. The summed E-state index contributed by atoms with van der Waals surface area (Å²) in [5.74, 6) is 0.551. The molecule has 1 amide bonds. The molecule has 4 atom stereocenters. The van der Waals surface area contributed by atoms with Gasteiger partial charge in [-0.15, -0.1) is 0 Å². The number of amides is 1. The molecule has 3 fully saturated rings. The van der Waals surface area contributed by atoms with Crippen molar-refractivity contribution in [3.63, 3.8) is 0 Å². The molecule has 5 heteroatoms. The number of carbonyl (C=O) groups excluding carboxylic acids is 1. The number of nitrogens with zero attached hydrogens (tertiary/aromatic N) is 1. The van der Waals surface area contributed by atoms with Gasteiger partial charge in [-0.25, -0.2) is 4.79 Å². The second kappa shape index (κ2) is 4.22. The van der Waals surface area contributed by atoms with Crippen molar-refractivity contribution in [1.82, 2.24) is 4.90 Å². The maximum absolute atomic E-state index is 12.0. The van der Waals surface area contributed by atoms with Crippen LogP contribution in [-0.4, -0.2) is 44.1 Å². The summed E-state index contributed by atoms with van der Waals surface area (Å²) in [4.78, 5) is 14.0. The average Bonchev–Trinajstić information content (AvgIpc) is 2.98. The number of methoxy groups -OCH3 is 1. The van der Waals surface area contributed by atoms with Gasteiger partial charge in [0.05, 0.1) is 12.7 Å². The molecule has 2 aliphatic heterocycles. The van der Waals surface area contributed by atoms with Gasteiger partial charge in [0.1, 0.15) is 0 Å². The number of ether oxygens (including phenoxy) is 1. The molecule has 0 N–H and O–H groups in total. The van der Waals surface area contributed by atoms with Gasteiger partial charge in [-0.3, -0.25) is 0 Å². The molecule has 3 aliphatic rings. The quantitative estimate of drug-likeness (QED) is 0.731. The predicted octanol–water partition coefficient (Wildman–Crippen LogP) is 2.99. The Hall–Kier alpha value is -0.553. The van der Waals surface area contributed by atoms with E-state index in [1.165, 1.54) is 13.5 Å². The highest BCUT2D eigenvalue weighted by molar-refractivity contribution is 6.69. The highest BCUT2D eigenvalue weighted by Gasteiger charge is 2.67. The lowest BCUT2D eigenvalue weighted by atomic mass is 9.83. The molecule has 2 heterocycles. The Bertz CT molecular complexity index is 395. The zero-order chi connectivity index (χ0) is 13.8. The molecule has 4 nitrogen and oxygen atoms in total. The first-order valence-electron chi connectivity index (χ1n) is 7.43. The third-order valence-corrected chi connectivity index (χ3v) is 5.83. The maximum Gasteiger partial charge on any atom is 0.409 e. The molecule has 108 valence electrons. The smallest absolute Gasteiger partial charge is 0.409 e. The fourth-order valence-corrected chi connectivity index (χ4v) is 5.84. The van der Waals surface area contributed by atoms with Crippen LogP contribution < -0.4 is 0 Å². The Morgan fingerprint density at radius 1 is 1.26 bits per heavy atom. The molecule has 1 aliphatic carbocycles. The third kappa shape index (κ3) is 2.21. The van der Waals surface area contributed by atoms with Gasteiger partial charge in [0.2, 0.25) is 0 Å². The molecule has 0 radical (unpaired) electrons. The zero-order valence-corrected chi connectivity index (χ0v) is 13.4. The summed E-state index contributed by atoms with van der Waals surface area (Å²) in [6.45, 7) is 6.79. The third-order valence-electron chi connectivity index (χ3n) is 4.81. The van der Waals surface area contributed by atoms with E-state index in [0.29, 0.717) is 18.0 Å². The van der Waals surface area contributed by atoms with E-state index in [-0.39, 0.29) is 11.7 Å². The minimum Gasteiger partial charge on any atom is -0.453 e. The number of carbonyl (C=O) groups is 1. The molecule has 0 aromatic heterocycles. The second-order valence-electron chi connectivity index (χ2n) is 7.32. The van der Waals surface area contributed by atoms with Crippen molar-refractivity contribution in [3.05, 3.63) is 0 Å². The number of hydrogen-bond donors (Lipinski definition) is 0. The fraction of sp³-hybridized carbons (Fsp3) is 0.929. The van der Waals surface area contributed by atoms with Crippen LogP contribution in [-0.2, 0) is 9.16 Å². The van der Waals surface area contributed by atoms with Crippen molar-refractivity contribution in [1.29, 1.82) is 0 Å². The van der Waals surface area contributed by atoms with Crippen LogP contribution >= 0.6 is 0 Å². The first-order valence-corrected chi connectivity index (χ1v) is 10.8. The van der Waals surface area contributed by atoms with E-state index in [4.69, 9.17) is 9.16 Å². The molecule has 2 bridgehead atoms. The molecule has 2 saturated heterocycles. The normalized spacial score (nSPS) is 40.6. The summed E-state index contributed by atoms with van der Waals surface area (Å²) in [7, 11) is -0.0239. The Labute approximate surface area is 116 Å². The Morgan fingerprint density at radius 2 is 2.00 bits per heavy atom. The topological polar surface area (TPSA) is 38.8 Å². The summed E-state index contributed by atoms with van der Waals surface area (Å²) in [6, 6.07) is 0.692. The van der Waals surface area contributed by atoms with Crippen LogP contribution in [0.3, 0.4) is 0 Å². The summed E-state index contributed by atoms with van der Waals surface area (Å²) in [5.41, 5.74) is 0.102. The van der Waals surface area contributed by atoms with Crippen LogP contribution in [0.1, 0.15) is 32.1 Å². The molecular weight excluding hydrogens is 258 g/mol. The Kier molecular flexibility index (Phi) is 2.98. The predicted molar refractivity (Wildman–Crippen MR) is 75.6 cm³/mol. The minimum absolute atomic E-state index is 0.102. The van der Waals surface area contributed by atoms with E-state index in [1.807, 2.05) is 4.90 Å². The van der Waals surface area contributed by atoms with Gasteiger partial charge in [0, 0.05) is 18.0 Å². The van der Waals surface area contributed by atoms with E-state index in [2.05, 4.69) is 19.6 Å². The highest BCUT2D eigenvalue weighted by Crippen LogP contribution is 2.61. The molecule has 1 unspecified atom stereocenters. The summed E-state index contributed by atoms with van der Waals surface area (Å²) in [6.07, 6.45) is 5.49. The monoisotopic (exact) mass is 283 g/mol. The summed E-state index contributed by atoms with van der Waals surface area (Å²) in [5, 5.41) is 0. The number of piperidine rings is 2. The first kappa shape index (κ1) is 13.4. The summed E-state index contributed by atoms with van der Waals surface area (Å²) < 4.78 is 11.5. The second-order valence-corrected chi connectivity index (χ2v) is 11.8. The lowest BCUT2D eigenvalue weighted by Gasteiger charge is -2.48. The maximum atomic E-state index is 12.0. The zero-order valence-electron chi connectivity index (χ0n) is 12.4. The Balaban J connectivity index is 1.80. The fourth-order valence-electron chi connectivity index (χ4n) is 4.30. The highest BCUT2D eigenvalue weighted by atomic mass is 28.4. The molecule has 0 aromatic rings. The van der Waals surface area contributed by atoms with Crippen molar-refractivity contribution in [2.45, 2.75) is 69.4 Å². The van der Waals surface area contributed by atoms with Crippen LogP contribution in [0.5, 0.6) is 0 Å². The van der Waals surface area contributed by atoms with E-state index < -0.39 is 8.32 Å². The number of rotatable bonds is 2. The lowest BCUT2D eigenvalue weighted by Crippen LogP contribution is -2.58. The van der Waals surface area contributed by atoms with Crippen LogP contribution in [0.4, 0.5) is 4.79 Å². The van der Waals surface area contributed by atoms with E-state index in [0.717, 1.165) is 25.7 Å². The van der Waals surface area contributed by atoms with E-state index in [1.54, 1.807) is 0 Å². The average molecular weight is 283 g/mol. The van der Waals surface area contributed by atoms with Crippen molar-refractivity contribution >= 4 is 14.4 Å². The van der Waals surface area contributed by atoms with Gasteiger partial charge in [0.25, 0.3) is 0 Å². The van der Waals surface area contributed by atoms with Gasteiger partial charge >= 0.3 is 6.09 Å². The molecular formula is C14H25NO3Si. The van der Waals surface area contributed by atoms with Crippen LogP contribution in [0.15, 0.2) is 0 Å². The van der Waals surface area contributed by atoms with Gasteiger partial charge in [-0.05, 0) is 51.7 Å². The molecule has 1 saturated carbocycles.